The third-order valence-electron chi connectivity index (χ3n) is 1.51. The zero-order chi connectivity index (χ0) is 9.10. The first-order chi connectivity index (χ1) is 6.36. The van der Waals surface area contributed by atoms with E-state index in [-0.39, 0.29) is 0 Å². The Bertz CT molecular complexity index is 402. The van der Waals surface area contributed by atoms with Crippen molar-refractivity contribution in [3.8, 4) is 0 Å². The standard InChI is InChI=1S/C7H7N5O/c1-6-7(3-13-11-6)2-9-12-5-8-4-10-12/h2-5H,1H3/b9-2+. The average Bonchev–Trinajstić information content (AvgIpc) is 2.72. The molecule has 0 spiro atoms. The second kappa shape index (κ2) is 3.18. The Kier molecular flexibility index (Phi) is 1.87. The van der Waals surface area contributed by atoms with Gasteiger partial charge in [-0.05, 0) is 6.92 Å². The summed E-state index contributed by atoms with van der Waals surface area (Å²) >= 11 is 0. The van der Waals surface area contributed by atoms with Gasteiger partial charge in [0.15, 0.2) is 0 Å². The van der Waals surface area contributed by atoms with E-state index in [9.17, 15) is 0 Å². The van der Waals surface area contributed by atoms with Crippen molar-refractivity contribution in [2.45, 2.75) is 6.92 Å². The summed E-state index contributed by atoms with van der Waals surface area (Å²) in [6.07, 6.45) is 6.05. The van der Waals surface area contributed by atoms with E-state index in [1.54, 1.807) is 6.21 Å². The number of hydrogen-bond acceptors (Lipinski definition) is 5. The molecule has 2 heterocycles. The van der Waals surface area contributed by atoms with Gasteiger partial charge in [0.05, 0.1) is 17.5 Å². The van der Waals surface area contributed by atoms with E-state index in [1.807, 2.05) is 6.92 Å². The number of hydrogen-bond donors (Lipinski definition) is 0. The highest BCUT2D eigenvalue weighted by Crippen LogP contribution is 2.00. The van der Waals surface area contributed by atoms with Crippen LogP contribution in [0.3, 0.4) is 0 Å². The van der Waals surface area contributed by atoms with Crippen molar-refractivity contribution in [1.82, 2.24) is 20.0 Å². The smallest absolute Gasteiger partial charge is 0.139 e. The molecular formula is C7H7N5O. The molecule has 0 aliphatic heterocycles. The summed E-state index contributed by atoms with van der Waals surface area (Å²) in [6, 6.07) is 0. The predicted octanol–water partition coefficient (Wildman–Crippen LogP) is 0.457. The minimum Gasteiger partial charge on any atom is -0.364 e. The van der Waals surface area contributed by atoms with Crippen LogP contribution in [0.15, 0.2) is 28.5 Å². The van der Waals surface area contributed by atoms with Gasteiger partial charge in [0.2, 0.25) is 0 Å². The van der Waals surface area contributed by atoms with Gasteiger partial charge in [-0.1, -0.05) is 5.16 Å². The van der Waals surface area contributed by atoms with Gasteiger partial charge in [-0.2, -0.15) is 5.10 Å². The summed E-state index contributed by atoms with van der Waals surface area (Å²) in [5.41, 5.74) is 1.62. The first-order valence-corrected chi connectivity index (χ1v) is 3.66. The van der Waals surface area contributed by atoms with Crippen molar-refractivity contribution in [2.75, 3.05) is 0 Å². The Labute approximate surface area is 73.9 Å². The van der Waals surface area contributed by atoms with Crippen LogP contribution in [0.4, 0.5) is 0 Å². The Hall–Kier alpha value is -1.98. The van der Waals surface area contributed by atoms with E-state index in [4.69, 9.17) is 4.52 Å². The van der Waals surface area contributed by atoms with Gasteiger partial charge in [0.25, 0.3) is 0 Å². The van der Waals surface area contributed by atoms with Crippen molar-refractivity contribution in [3.05, 3.63) is 30.2 Å². The maximum atomic E-state index is 4.73. The van der Waals surface area contributed by atoms with E-state index >= 15 is 0 Å². The maximum Gasteiger partial charge on any atom is 0.139 e. The lowest BCUT2D eigenvalue weighted by Crippen LogP contribution is -1.90. The first kappa shape index (κ1) is 7.66. The number of rotatable bonds is 2. The van der Waals surface area contributed by atoms with Gasteiger partial charge in [-0.3, -0.25) is 0 Å². The second-order valence-corrected chi connectivity index (χ2v) is 2.42. The molecule has 2 aromatic rings. The average molecular weight is 177 g/mol. The second-order valence-electron chi connectivity index (χ2n) is 2.42. The fourth-order valence-corrected chi connectivity index (χ4v) is 0.807. The molecule has 6 heteroatoms. The zero-order valence-corrected chi connectivity index (χ0v) is 6.95. The lowest BCUT2D eigenvalue weighted by molar-refractivity contribution is 0.415. The van der Waals surface area contributed by atoms with Gasteiger partial charge >= 0.3 is 0 Å². The van der Waals surface area contributed by atoms with E-state index in [0.717, 1.165) is 11.3 Å². The minimum atomic E-state index is 0.795. The molecule has 13 heavy (non-hydrogen) atoms. The highest BCUT2D eigenvalue weighted by atomic mass is 16.5. The number of aromatic nitrogens is 4. The highest BCUT2D eigenvalue weighted by Gasteiger charge is 1.97. The predicted molar refractivity (Wildman–Crippen MR) is 44.3 cm³/mol. The van der Waals surface area contributed by atoms with E-state index < -0.39 is 0 Å². The molecule has 0 aliphatic rings. The van der Waals surface area contributed by atoms with Crippen LogP contribution in [-0.2, 0) is 0 Å². The normalized spacial score (nSPS) is 11.2. The molecule has 0 fully saturated rings. The molecule has 0 atom stereocenters. The largest absolute Gasteiger partial charge is 0.364 e. The Morgan fingerprint density at radius 2 is 2.54 bits per heavy atom. The third kappa shape index (κ3) is 1.61. The van der Waals surface area contributed by atoms with Crippen molar-refractivity contribution >= 4 is 6.21 Å². The molecule has 0 saturated carbocycles. The molecule has 66 valence electrons. The molecule has 0 radical (unpaired) electrons. The van der Waals surface area contributed by atoms with Crippen LogP contribution < -0.4 is 0 Å². The van der Waals surface area contributed by atoms with Crippen LogP contribution >= 0.6 is 0 Å². The van der Waals surface area contributed by atoms with Crippen molar-refractivity contribution in [2.24, 2.45) is 5.10 Å². The summed E-state index contributed by atoms with van der Waals surface area (Å²) in [7, 11) is 0. The fourth-order valence-electron chi connectivity index (χ4n) is 0.807. The van der Waals surface area contributed by atoms with Crippen molar-refractivity contribution in [3.63, 3.8) is 0 Å². The molecule has 0 aromatic carbocycles. The topological polar surface area (TPSA) is 69.1 Å². The van der Waals surface area contributed by atoms with Crippen LogP contribution in [0, 0.1) is 6.92 Å². The number of nitrogens with zero attached hydrogens (tertiary/aromatic N) is 5. The minimum absolute atomic E-state index is 0.795. The Balaban J connectivity index is 2.19. The molecule has 0 unspecified atom stereocenters. The molecular weight excluding hydrogens is 170 g/mol. The van der Waals surface area contributed by atoms with Crippen LogP contribution in [0.5, 0.6) is 0 Å². The Morgan fingerprint density at radius 3 is 3.15 bits per heavy atom. The molecule has 0 amide bonds. The summed E-state index contributed by atoms with van der Waals surface area (Å²) < 4.78 is 4.73. The van der Waals surface area contributed by atoms with Crippen LogP contribution in [-0.4, -0.2) is 26.2 Å². The monoisotopic (exact) mass is 177 g/mol. The van der Waals surface area contributed by atoms with Crippen LogP contribution in [0.25, 0.3) is 0 Å². The third-order valence-corrected chi connectivity index (χ3v) is 1.51. The zero-order valence-electron chi connectivity index (χ0n) is 6.95. The highest BCUT2D eigenvalue weighted by molar-refractivity contribution is 5.79. The van der Waals surface area contributed by atoms with Gasteiger partial charge in [0, 0.05) is 0 Å². The fraction of sp³-hybridized carbons (Fsp3) is 0.143. The first-order valence-electron chi connectivity index (χ1n) is 3.66. The molecule has 2 rings (SSSR count). The van der Waals surface area contributed by atoms with E-state index in [2.05, 4.69) is 20.3 Å². The molecule has 0 N–H and O–H groups in total. The lowest BCUT2D eigenvalue weighted by Gasteiger charge is -1.86. The molecule has 2 aromatic heterocycles. The molecule has 0 aliphatic carbocycles. The summed E-state index contributed by atoms with van der Waals surface area (Å²) in [4.78, 5) is 5.10. The lowest BCUT2D eigenvalue weighted by atomic mass is 10.3. The summed E-state index contributed by atoms with van der Waals surface area (Å²) in [5.74, 6) is 0. The van der Waals surface area contributed by atoms with Gasteiger partial charge in [-0.25, -0.2) is 4.98 Å². The van der Waals surface area contributed by atoms with Gasteiger partial charge in [-0.15, -0.1) is 9.89 Å². The quantitative estimate of drug-likeness (QED) is 0.625. The van der Waals surface area contributed by atoms with Crippen molar-refractivity contribution < 1.29 is 4.52 Å². The summed E-state index contributed by atoms with van der Waals surface area (Å²) in [5, 5.41) is 11.5. The summed E-state index contributed by atoms with van der Waals surface area (Å²) in [6.45, 7) is 1.84. The molecule has 0 bridgehead atoms. The molecule has 0 saturated heterocycles. The van der Waals surface area contributed by atoms with Gasteiger partial charge < -0.3 is 4.52 Å². The molecule has 6 nitrogen and oxygen atoms in total. The van der Waals surface area contributed by atoms with Gasteiger partial charge in [0.1, 0.15) is 18.9 Å². The van der Waals surface area contributed by atoms with Crippen LogP contribution in [0.2, 0.25) is 0 Å². The van der Waals surface area contributed by atoms with E-state index in [1.165, 1.54) is 23.7 Å². The maximum absolute atomic E-state index is 4.73. The Morgan fingerprint density at radius 1 is 1.62 bits per heavy atom. The number of aryl methyl sites for hydroxylation is 1. The van der Waals surface area contributed by atoms with Crippen LogP contribution in [0.1, 0.15) is 11.3 Å². The SMILES string of the molecule is Cc1nocc1/C=N/n1cncn1. The van der Waals surface area contributed by atoms with E-state index in [0.29, 0.717) is 0 Å². The van der Waals surface area contributed by atoms with Crippen molar-refractivity contribution in [1.29, 1.82) is 0 Å².